The first-order valence-corrected chi connectivity index (χ1v) is 13.7. The molecule has 0 radical (unpaired) electrons. The number of imidazole rings is 1. The Bertz CT molecular complexity index is 1180. The molecule has 0 bridgehead atoms. The van der Waals surface area contributed by atoms with E-state index in [1.165, 1.54) is 12.8 Å². The molecule has 1 aromatic carbocycles. The lowest BCUT2D eigenvalue weighted by molar-refractivity contribution is 0.0953. The Kier molecular flexibility index (Phi) is 8.15. The highest BCUT2D eigenvalue weighted by Crippen LogP contribution is 2.34. The summed E-state index contributed by atoms with van der Waals surface area (Å²) >= 11 is 0. The van der Waals surface area contributed by atoms with Gasteiger partial charge in [0.05, 0.1) is 6.33 Å². The minimum Gasteiger partial charge on any atom is -0.352 e. The zero-order valence-corrected chi connectivity index (χ0v) is 21.5. The molecule has 1 amide bonds. The van der Waals surface area contributed by atoms with E-state index in [-0.39, 0.29) is 5.91 Å². The first kappa shape index (κ1) is 25.4. The molecule has 0 aliphatic heterocycles. The number of anilines is 3. The lowest BCUT2D eigenvalue weighted by Gasteiger charge is -2.27. The Morgan fingerprint density at radius 3 is 2.49 bits per heavy atom. The van der Waals surface area contributed by atoms with Crippen LogP contribution in [0.1, 0.15) is 80.6 Å². The number of unbranched alkanes of at least 4 members (excludes halogenated alkanes) is 1. The molecule has 3 aromatic rings. The Morgan fingerprint density at radius 1 is 1.00 bits per heavy atom. The number of fused-ring (bicyclic) bond motifs is 1. The van der Waals surface area contributed by atoms with Gasteiger partial charge in [-0.25, -0.2) is 4.98 Å². The van der Waals surface area contributed by atoms with Gasteiger partial charge in [0.2, 0.25) is 5.95 Å². The summed E-state index contributed by atoms with van der Waals surface area (Å²) in [7, 11) is 0. The number of carbonyl (C=O) groups is 1. The van der Waals surface area contributed by atoms with Crippen molar-refractivity contribution in [3.05, 3.63) is 36.2 Å². The lowest BCUT2D eigenvalue weighted by atomic mass is 9.92. The fourth-order valence-corrected chi connectivity index (χ4v) is 5.38. The maximum Gasteiger partial charge on any atom is 0.251 e. The predicted molar refractivity (Wildman–Crippen MR) is 147 cm³/mol. The Labute approximate surface area is 218 Å². The van der Waals surface area contributed by atoms with Crippen LogP contribution < -0.4 is 27.4 Å². The normalized spacial score (nSPS) is 20.3. The van der Waals surface area contributed by atoms with Gasteiger partial charge >= 0.3 is 0 Å². The molecule has 198 valence electrons. The van der Waals surface area contributed by atoms with Gasteiger partial charge in [0.15, 0.2) is 17.0 Å². The quantitative estimate of drug-likeness (QED) is 0.261. The molecule has 2 aliphatic carbocycles. The van der Waals surface area contributed by atoms with Crippen molar-refractivity contribution in [1.29, 1.82) is 0 Å². The second-order valence-electron chi connectivity index (χ2n) is 10.4. The fourth-order valence-electron chi connectivity index (χ4n) is 5.38. The maximum absolute atomic E-state index is 12.4. The van der Waals surface area contributed by atoms with E-state index in [0.29, 0.717) is 48.5 Å². The number of nitrogens with zero attached hydrogens (tertiary/aromatic N) is 4. The minimum absolute atomic E-state index is 0.0815. The van der Waals surface area contributed by atoms with Crippen molar-refractivity contribution in [2.24, 2.45) is 11.5 Å². The van der Waals surface area contributed by atoms with Crippen LogP contribution in [0, 0.1) is 0 Å². The predicted octanol–water partition coefficient (Wildman–Crippen LogP) is 3.84. The number of nitrogens with two attached hydrogens (primary N) is 2. The highest BCUT2D eigenvalue weighted by Gasteiger charge is 2.24. The number of amides is 1. The van der Waals surface area contributed by atoms with Gasteiger partial charge in [-0.1, -0.05) is 12.8 Å². The van der Waals surface area contributed by atoms with Crippen molar-refractivity contribution in [1.82, 2.24) is 24.8 Å². The lowest BCUT2D eigenvalue weighted by Crippen LogP contribution is -2.33. The van der Waals surface area contributed by atoms with E-state index in [9.17, 15) is 4.79 Å². The molecule has 5 rings (SSSR count). The van der Waals surface area contributed by atoms with E-state index in [0.717, 1.165) is 68.2 Å². The van der Waals surface area contributed by atoms with Crippen molar-refractivity contribution in [2.75, 3.05) is 23.7 Å². The van der Waals surface area contributed by atoms with Gasteiger partial charge in [-0.3, -0.25) is 4.79 Å². The van der Waals surface area contributed by atoms with Gasteiger partial charge in [-0.15, -0.1) is 0 Å². The van der Waals surface area contributed by atoms with Crippen LogP contribution in [0.4, 0.5) is 17.5 Å². The van der Waals surface area contributed by atoms with Crippen molar-refractivity contribution in [3.8, 4) is 0 Å². The second-order valence-corrected chi connectivity index (χ2v) is 10.4. The van der Waals surface area contributed by atoms with Crippen LogP contribution in [0.5, 0.6) is 0 Å². The first-order valence-electron chi connectivity index (χ1n) is 13.7. The van der Waals surface area contributed by atoms with Gasteiger partial charge in [-0.2, -0.15) is 9.97 Å². The molecule has 37 heavy (non-hydrogen) atoms. The zero-order valence-electron chi connectivity index (χ0n) is 21.5. The molecule has 2 saturated carbocycles. The molecule has 2 aromatic heterocycles. The smallest absolute Gasteiger partial charge is 0.251 e. The van der Waals surface area contributed by atoms with E-state index in [1.54, 1.807) is 0 Å². The Hall–Kier alpha value is -3.24. The third kappa shape index (κ3) is 6.19. The van der Waals surface area contributed by atoms with Gasteiger partial charge in [0.1, 0.15) is 0 Å². The largest absolute Gasteiger partial charge is 0.352 e. The van der Waals surface area contributed by atoms with Crippen LogP contribution >= 0.6 is 0 Å². The number of hydrogen-bond acceptors (Lipinski definition) is 8. The van der Waals surface area contributed by atoms with E-state index < -0.39 is 0 Å². The van der Waals surface area contributed by atoms with Gasteiger partial charge in [-0.05, 0) is 82.2 Å². The van der Waals surface area contributed by atoms with Crippen molar-refractivity contribution in [2.45, 2.75) is 82.3 Å². The van der Waals surface area contributed by atoms with Crippen LogP contribution in [0.15, 0.2) is 30.6 Å². The van der Waals surface area contributed by atoms with E-state index >= 15 is 0 Å². The van der Waals surface area contributed by atoms with E-state index in [2.05, 4.69) is 20.5 Å². The molecule has 0 atom stereocenters. The number of aromatic nitrogens is 4. The number of benzene rings is 1. The summed E-state index contributed by atoms with van der Waals surface area (Å²) in [5, 5.41) is 9.93. The summed E-state index contributed by atoms with van der Waals surface area (Å²) in [5.41, 5.74) is 14.7. The monoisotopic (exact) mass is 505 g/mol. The first-order chi connectivity index (χ1) is 18.1. The molecule has 0 spiro atoms. The number of hydrogen-bond donors (Lipinski definition) is 5. The van der Waals surface area contributed by atoms with Crippen LogP contribution in [-0.2, 0) is 0 Å². The van der Waals surface area contributed by atoms with Crippen LogP contribution in [0.25, 0.3) is 11.2 Å². The van der Waals surface area contributed by atoms with Crippen molar-refractivity contribution >= 4 is 34.5 Å². The van der Waals surface area contributed by atoms with E-state index in [1.807, 2.05) is 30.6 Å². The van der Waals surface area contributed by atoms with Crippen LogP contribution in [-0.4, -0.2) is 50.6 Å². The topological polar surface area (TPSA) is 149 Å². The van der Waals surface area contributed by atoms with Crippen molar-refractivity contribution in [3.63, 3.8) is 0 Å². The highest BCUT2D eigenvalue weighted by atomic mass is 16.1. The van der Waals surface area contributed by atoms with Crippen molar-refractivity contribution < 1.29 is 4.79 Å². The summed E-state index contributed by atoms with van der Waals surface area (Å²) in [5.74, 6) is 1.20. The summed E-state index contributed by atoms with van der Waals surface area (Å²) in [6.45, 7) is 1.26. The molecule has 7 N–H and O–H groups in total. The van der Waals surface area contributed by atoms with Gasteiger partial charge in [0, 0.05) is 35.9 Å². The van der Waals surface area contributed by atoms with Crippen LogP contribution in [0.2, 0.25) is 0 Å². The fraction of sp³-hybridized carbons (Fsp3) is 0.556. The summed E-state index contributed by atoms with van der Waals surface area (Å²) in [4.78, 5) is 26.9. The molecule has 0 saturated heterocycles. The minimum atomic E-state index is -0.0815. The standard InChI is InChI=1S/C27H39N9O/c28-15-3-4-16-30-26(37)18-7-11-20(12-8-18)32-24-23-25(36(17-31-23)22-5-1-2-6-22)35-27(34-24)33-21-13-9-19(29)10-14-21/h7-8,11-12,17,19,21-22H,1-6,9-10,13-16,28-29H2,(H,30,37)(H2,32,33,34,35). The number of nitrogens with one attached hydrogen (secondary N) is 3. The average Bonchev–Trinajstić information content (AvgIpc) is 3.59. The SMILES string of the molecule is NCCCCNC(=O)c1ccc(Nc2nc(NC3CCC(N)CC3)nc3c2ncn3C2CCCC2)cc1. The average molecular weight is 506 g/mol. The molecule has 2 heterocycles. The zero-order chi connectivity index (χ0) is 25.6. The molecular formula is C27H39N9O. The molecule has 0 unspecified atom stereocenters. The third-order valence-corrected chi connectivity index (χ3v) is 7.57. The summed E-state index contributed by atoms with van der Waals surface area (Å²) in [6.07, 6.45) is 12.5. The molecule has 2 aliphatic rings. The van der Waals surface area contributed by atoms with Gasteiger partial charge < -0.3 is 32.0 Å². The van der Waals surface area contributed by atoms with Crippen LogP contribution in [0.3, 0.4) is 0 Å². The Balaban J connectivity index is 1.36. The molecular weight excluding hydrogens is 466 g/mol. The second kappa shape index (κ2) is 11.9. The Morgan fingerprint density at radius 2 is 1.76 bits per heavy atom. The number of carbonyl (C=O) groups excluding carboxylic acids is 1. The molecule has 10 heteroatoms. The highest BCUT2D eigenvalue weighted by molar-refractivity contribution is 5.94. The summed E-state index contributed by atoms with van der Waals surface area (Å²) in [6, 6.07) is 8.46. The number of rotatable bonds is 10. The molecule has 2 fully saturated rings. The van der Waals surface area contributed by atoms with E-state index in [4.69, 9.17) is 26.4 Å². The summed E-state index contributed by atoms with van der Waals surface area (Å²) < 4.78 is 2.22. The third-order valence-electron chi connectivity index (χ3n) is 7.57. The maximum atomic E-state index is 12.4. The molecule has 10 nitrogen and oxygen atoms in total. The van der Waals surface area contributed by atoms with Gasteiger partial charge in [0.25, 0.3) is 5.91 Å².